The van der Waals surface area contributed by atoms with Gasteiger partial charge in [0.2, 0.25) is 5.91 Å². The van der Waals surface area contributed by atoms with Gasteiger partial charge in [-0.05, 0) is 23.8 Å². The molecule has 0 unspecified atom stereocenters. The zero-order valence-corrected chi connectivity index (χ0v) is 10.7. The maximum Gasteiger partial charge on any atom is 0.244 e. The van der Waals surface area contributed by atoms with Crippen molar-refractivity contribution in [2.45, 2.75) is 6.10 Å². The van der Waals surface area contributed by atoms with Gasteiger partial charge in [0.15, 0.2) is 0 Å². The standard InChI is InChI=1S/C12H14BrNO3/c13-10-3-1-2-9(6-10)4-5-12(17)14-7-11(16)8-15/h1-6,11,15-16H,7-8H2,(H,14,17)/b5-4+/t11-/m0/s1. The number of rotatable bonds is 5. The first kappa shape index (κ1) is 13.9. The van der Waals surface area contributed by atoms with Gasteiger partial charge in [0.05, 0.1) is 12.7 Å². The number of hydrogen-bond acceptors (Lipinski definition) is 3. The Morgan fingerprint density at radius 3 is 2.94 bits per heavy atom. The fourth-order valence-electron chi connectivity index (χ4n) is 1.12. The van der Waals surface area contributed by atoms with Crippen LogP contribution in [0.2, 0.25) is 0 Å². The minimum atomic E-state index is -0.918. The summed E-state index contributed by atoms with van der Waals surface area (Å²) in [6.45, 7) is -0.326. The molecule has 1 aromatic carbocycles. The molecule has 0 saturated carbocycles. The van der Waals surface area contributed by atoms with Crippen LogP contribution in [0.5, 0.6) is 0 Å². The molecular formula is C12H14BrNO3. The van der Waals surface area contributed by atoms with Crippen LogP contribution in [-0.2, 0) is 4.79 Å². The van der Waals surface area contributed by atoms with Crippen LogP contribution < -0.4 is 5.32 Å². The molecule has 3 N–H and O–H groups in total. The number of aliphatic hydroxyl groups is 2. The fourth-order valence-corrected chi connectivity index (χ4v) is 1.54. The molecule has 0 fully saturated rings. The van der Waals surface area contributed by atoms with E-state index in [0.29, 0.717) is 0 Å². The maximum absolute atomic E-state index is 11.3. The molecule has 0 aromatic heterocycles. The number of aliphatic hydroxyl groups excluding tert-OH is 2. The molecule has 1 rings (SSSR count). The van der Waals surface area contributed by atoms with Gasteiger partial charge >= 0.3 is 0 Å². The fraction of sp³-hybridized carbons (Fsp3) is 0.250. The van der Waals surface area contributed by atoms with Gasteiger partial charge in [-0.3, -0.25) is 4.79 Å². The van der Waals surface area contributed by atoms with E-state index in [4.69, 9.17) is 10.2 Å². The van der Waals surface area contributed by atoms with E-state index in [1.165, 1.54) is 6.08 Å². The molecule has 5 heteroatoms. The largest absolute Gasteiger partial charge is 0.394 e. The second-order valence-electron chi connectivity index (χ2n) is 3.47. The third-order valence-corrected chi connectivity index (χ3v) is 2.49. The highest BCUT2D eigenvalue weighted by Crippen LogP contribution is 2.12. The van der Waals surface area contributed by atoms with E-state index in [9.17, 15) is 4.79 Å². The minimum absolute atomic E-state index is 0.0398. The van der Waals surface area contributed by atoms with Crippen molar-refractivity contribution < 1.29 is 15.0 Å². The molecule has 1 atom stereocenters. The van der Waals surface area contributed by atoms with Gasteiger partial charge in [0.25, 0.3) is 0 Å². The molecule has 0 bridgehead atoms. The average Bonchev–Trinajstić information content (AvgIpc) is 2.33. The molecule has 4 nitrogen and oxygen atoms in total. The van der Waals surface area contributed by atoms with Gasteiger partial charge in [0.1, 0.15) is 0 Å². The summed E-state index contributed by atoms with van der Waals surface area (Å²) in [4.78, 5) is 11.3. The summed E-state index contributed by atoms with van der Waals surface area (Å²) >= 11 is 3.33. The summed E-state index contributed by atoms with van der Waals surface area (Å²) in [6.07, 6.45) is 2.13. The van der Waals surface area contributed by atoms with Gasteiger partial charge < -0.3 is 15.5 Å². The summed E-state index contributed by atoms with van der Waals surface area (Å²) in [5, 5.41) is 20.1. The molecular weight excluding hydrogens is 286 g/mol. The van der Waals surface area contributed by atoms with Crippen LogP contribution in [0.3, 0.4) is 0 Å². The van der Waals surface area contributed by atoms with Gasteiger partial charge in [-0.1, -0.05) is 28.1 Å². The Bertz CT molecular complexity index is 406. The lowest BCUT2D eigenvalue weighted by Crippen LogP contribution is -2.32. The summed E-state index contributed by atoms with van der Waals surface area (Å²) in [5.41, 5.74) is 0.900. The molecule has 0 heterocycles. The first-order valence-electron chi connectivity index (χ1n) is 5.12. The van der Waals surface area contributed by atoms with E-state index in [-0.39, 0.29) is 19.1 Å². The summed E-state index contributed by atoms with van der Waals surface area (Å²) < 4.78 is 0.941. The van der Waals surface area contributed by atoms with Crippen LogP contribution in [0, 0.1) is 0 Å². The van der Waals surface area contributed by atoms with E-state index >= 15 is 0 Å². The van der Waals surface area contributed by atoms with Crippen molar-refractivity contribution in [3.8, 4) is 0 Å². The first-order valence-corrected chi connectivity index (χ1v) is 5.91. The number of nitrogens with one attached hydrogen (secondary N) is 1. The second kappa shape index (κ2) is 7.21. The SMILES string of the molecule is O=C(/C=C/c1cccc(Br)c1)NC[C@H](O)CO. The van der Waals surface area contributed by atoms with E-state index in [0.717, 1.165) is 10.0 Å². The molecule has 1 amide bonds. The number of carbonyl (C=O) groups is 1. The van der Waals surface area contributed by atoms with Crippen molar-refractivity contribution in [1.29, 1.82) is 0 Å². The lowest BCUT2D eigenvalue weighted by Gasteiger charge is -2.06. The average molecular weight is 300 g/mol. The number of carbonyl (C=O) groups excluding carboxylic acids is 1. The zero-order chi connectivity index (χ0) is 12.7. The smallest absolute Gasteiger partial charge is 0.244 e. The third-order valence-electron chi connectivity index (χ3n) is 2.00. The maximum atomic E-state index is 11.3. The van der Waals surface area contributed by atoms with Crippen LogP contribution >= 0.6 is 15.9 Å². The van der Waals surface area contributed by atoms with Crippen molar-refractivity contribution in [2.75, 3.05) is 13.2 Å². The predicted molar refractivity (Wildman–Crippen MR) is 69.3 cm³/mol. The summed E-state index contributed by atoms with van der Waals surface area (Å²) in [5.74, 6) is -0.308. The molecule has 0 aliphatic heterocycles. The van der Waals surface area contributed by atoms with E-state index in [1.54, 1.807) is 6.08 Å². The monoisotopic (exact) mass is 299 g/mol. The Hall–Kier alpha value is -1.17. The Morgan fingerprint density at radius 2 is 2.29 bits per heavy atom. The Morgan fingerprint density at radius 1 is 1.53 bits per heavy atom. The highest BCUT2D eigenvalue weighted by atomic mass is 79.9. The minimum Gasteiger partial charge on any atom is -0.394 e. The molecule has 0 spiro atoms. The summed E-state index contributed by atoms with van der Waals surface area (Å²) in [6, 6.07) is 7.52. The molecule has 1 aromatic rings. The van der Waals surface area contributed by atoms with Crippen molar-refractivity contribution >= 4 is 27.9 Å². The quantitative estimate of drug-likeness (QED) is 0.709. The molecule has 0 radical (unpaired) electrons. The van der Waals surface area contributed by atoms with E-state index in [2.05, 4.69) is 21.2 Å². The van der Waals surface area contributed by atoms with Crippen LogP contribution in [0.1, 0.15) is 5.56 Å². The van der Waals surface area contributed by atoms with E-state index in [1.807, 2.05) is 24.3 Å². The Labute approximate surface area is 108 Å². The number of benzene rings is 1. The highest BCUT2D eigenvalue weighted by molar-refractivity contribution is 9.10. The molecule has 0 saturated heterocycles. The number of hydrogen-bond donors (Lipinski definition) is 3. The van der Waals surface area contributed by atoms with Crippen LogP contribution in [-0.4, -0.2) is 35.4 Å². The molecule has 0 aliphatic rings. The lowest BCUT2D eigenvalue weighted by atomic mass is 10.2. The highest BCUT2D eigenvalue weighted by Gasteiger charge is 2.02. The zero-order valence-electron chi connectivity index (χ0n) is 9.14. The van der Waals surface area contributed by atoms with Gasteiger partial charge in [0, 0.05) is 17.1 Å². The first-order chi connectivity index (χ1) is 8.11. The predicted octanol–water partition coefficient (Wildman–Crippen LogP) is 0.932. The summed E-state index contributed by atoms with van der Waals surface area (Å²) in [7, 11) is 0. The van der Waals surface area contributed by atoms with Crippen molar-refractivity contribution in [1.82, 2.24) is 5.32 Å². The van der Waals surface area contributed by atoms with Gasteiger partial charge in [-0.25, -0.2) is 0 Å². The van der Waals surface area contributed by atoms with Gasteiger partial charge in [-0.15, -0.1) is 0 Å². The molecule has 92 valence electrons. The van der Waals surface area contributed by atoms with Crippen molar-refractivity contribution in [3.63, 3.8) is 0 Å². The van der Waals surface area contributed by atoms with Crippen molar-refractivity contribution in [2.24, 2.45) is 0 Å². The number of halogens is 1. The van der Waals surface area contributed by atoms with Crippen LogP contribution in [0.25, 0.3) is 6.08 Å². The second-order valence-corrected chi connectivity index (χ2v) is 4.39. The lowest BCUT2D eigenvalue weighted by molar-refractivity contribution is -0.117. The normalized spacial score (nSPS) is 12.6. The molecule has 17 heavy (non-hydrogen) atoms. The van der Waals surface area contributed by atoms with Crippen LogP contribution in [0.4, 0.5) is 0 Å². The molecule has 0 aliphatic carbocycles. The third kappa shape index (κ3) is 5.63. The Balaban J connectivity index is 2.45. The van der Waals surface area contributed by atoms with E-state index < -0.39 is 6.10 Å². The Kier molecular flexibility index (Phi) is 5.90. The van der Waals surface area contributed by atoms with Crippen molar-refractivity contribution in [3.05, 3.63) is 40.4 Å². The number of amides is 1. The topological polar surface area (TPSA) is 69.6 Å². The van der Waals surface area contributed by atoms with Gasteiger partial charge in [-0.2, -0.15) is 0 Å². The van der Waals surface area contributed by atoms with Crippen LogP contribution in [0.15, 0.2) is 34.8 Å².